The SMILES string of the molecule is CCCN1CC2=C3C(=C(Br)CCC31)C1OC=CNC1CC2. The summed E-state index contributed by atoms with van der Waals surface area (Å²) in [7, 11) is 0. The Bertz CT molecular complexity index is 537. The minimum Gasteiger partial charge on any atom is -0.490 e. The maximum absolute atomic E-state index is 6.04. The summed E-state index contributed by atoms with van der Waals surface area (Å²) in [5.74, 6) is 0. The molecule has 0 aromatic carbocycles. The molecule has 0 amide bonds. The fourth-order valence-corrected chi connectivity index (χ4v) is 5.11. The quantitative estimate of drug-likeness (QED) is 0.825. The van der Waals surface area contributed by atoms with Gasteiger partial charge in [-0.15, -0.1) is 0 Å². The van der Waals surface area contributed by atoms with Gasteiger partial charge < -0.3 is 10.1 Å². The first-order valence-corrected chi connectivity index (χ1v) is 9.00. The summed E-state index contributed by atoms with van der Waals surface area (Å²) in [6.07, 6.45) is 9.98. The Morgan fingerprint density at radius 1 is 1.33 bits per heavy atom. The molecule has 2 aliphatic carbocycles. The van der Waals surface area contributed by atoms with Crippen LogP contribution >= 0.6 is 15.9 Å². The van der Waals surface area contributed by atoms with Crippen molar-refractivity contribution in [1.82, 2.24) is 10.2 Å². The van der Waals surface area contributed by atoms with Crippen LogP contribution in [0.25, 0.3) is 0 Å². The van der Waals surface area contributed by atoms with Crippen LogP contribution in [0.2, 0.25) is 0 Å². The average molecular weight is 351 g/mol. The molecule has 0 aromatic rings. The third kappa shape index (κ3) is 2.18. The highest BCUT2D eigenvalue weighted by atomic mass is 79.9. The predicted molar refractivity (Wildman–Crippen MR) is 88.0 cm³/mol. The minimum atomic E-state index is 0.182. The van der Waals surface area contributed by atoms with Crippen LogP contribution in [-0.4, -0.2) is 36.2 Å². The minimum absolute atomic E-state index is 0.182. The molecule has 2 aliphatic heterocycles. The fraction of sp³-hybridized carbons (Fsp3) is 0.647. The van der Waals surface area contributed by atoms with E-state index in [1.807, 2.05) is 12.5 Å². The summed E-state index contributed by atoms with van der Waals surface area (Å²) in [5, 5.41) is 3.51. The van der Waals surface area contributed by atoms with Crippen molar-refractivity contribution in [3.05, 3.63) is 33.7 Å². The summed E-state index contributed by atoms with van der Waals surface area (Å²) in [6.45, 7) is 4.67. The molecule has 0 radical (unpaired) electrons. The summed E-state index contributed by atoms with van der Waals surface area (Å²) in [5.41, 5.74) is 4.74. The molecule has 2 heterocycles. The van der Waals surface area contributed by atoms with Crippen LogP contribution in [-0.2, 0) is 4.74 Å². The fourth-order valence-electron chi connectivity index (χ4n) is 4.45. The monoisotopic (exact) mass is 350 g/mol. The van der Waals surface area contributed by atoms with E-state index in [1.165, 1.54) is 48.8 Å². The first-order chi connectivity index (χ1) is 10.3. The zero-order valence-electron chi connectivity index (χ0n) is 12.6. The molecule has 0 aromatic heterocycles. The van der Waals surface area contributed by atoms with E-state index in [-0.39, 0.29) is 6.10 Å². The number of nitrogens with one attached hydrogen (secondary N) is 1. The molecular formula is C17H23BrN2O. The first-order valence-electron chi connectivity index (χ1n) is 8.21. The van der Waals surface area contributed by atoms with Gasteiger partial charge in [0.25, 0.3) is 0 Å². The summed E-state index contributed by atoms with van der Waals surface area (Å²) in [6, 6.07) is 1.05. The van der Waals surface area contributed by atoms with E-state index in [0.29, 0.717) is 12.1 Å². The number of allylic oxidation sites excluding steroid dienone is 1. The second kappa shape index (κ2) is 5.47. The zero-order valence-corrected chi connectivity index (χ0v) is 14.2. The lowest BCUT2D eigenvalue weighted by atomic mass is 9.84. The maximum Gasteiger partial charge on any atom is 0.144 e. The van der Waals surface area contributed by atoms with Gasteiger partial charge in [0.15, 0.2) is 0 Å². The van der Waals surface area contributed by atoms with Gasteiger partial charge in [0.2, 0.25) is 0 Å². The van der Waals surface area contributed by atoms with Crippen molar-refractivity contribution in [3.8, 4) is 0 Å². The Morgan fingerprint density at radius 3 is 3.10 bits per heavy atom. The third-order valence-electron chi connectivity index (χ3n) is 5.29. The van der Waals surface area contributed by atoms with Crippen LogP contribution in [0.3, 0.4) is 0 Å². The first kappa shape index (κ1) is 13.9. The van der Waals surface area contributed by atoms with Gasteiger partial charge in [0.1, 0.15) is 6.10 Å². The number of halogens is 1. The van der Waals surface area contributed by atoms with Crippen LogP contribution in [0.1, 0.15) is 39.0 Å². The normalized spacial score (nSPS) is 35.0. The Morgan fingerprint density at radius 2 is 2.24 bits per heavy atom. The highest BCUT2D eigenvalue weighted by molar-refractivity contribution is 9.11. The summed E-state index contributed by atoms with van der Waals surface area (Å²) >= 11 is 3.86. The van der Waals surface area contributed by atoms with Crippen LogP contribution < -0.4 is 5.32 Å². The molecule has 3 atom stereocenters. The molecule has 3 unspecified atom stereocenters. The van der Waals surface area contributed by atoms with Crippen LogP contribution in [0.4, 0.5) is 0 Å². The molecule has 0 spiro atoms. The van der Waals surface area contributed by atoms with Gasteiger partial charge in [-0.3, -0.25) is 4.90 Å². The molecule has 0 saturated carbocycles. The van der Waals surface area contributed by atoms with E-state index in [0.717, 1.165) is 6.42 Å². The third-order valence-corrected chi connectivity index (χ3v) is 6.11. The number of fused-ring (bicyclic) bond motifs is 2. The second-order valence-corrected chi connectivity index (χ2v) is 7.49. The van der Waals surface area contributed by atoms with E-state index < -0.39 is 0 Å². The molecule has 3 nitrogen and oxygen atoms in total. The Balaban J connectivity index is 1.75. The topological polar surface area (TPSA) is 24.5 Å². The van der Waals surface area contributed by atoms with Gasteiger partial charge in [0.05, 0.1) is 12.3 Å². The van der Waals surface area contributed by atoms with Gasteiger partial charge >= 0.3 is 0 Å². The van der Waals surface area contributed by atoms with Gasteiger partial charge in [-0.05, 0) is 44.2 Å². The number of hydrogen-bond acceptors (Lipinski definition) is 3. The summed E-state index contributed by atoms with van der Waals surface area (Å²) < 4.78 is 7.41. The second-order valence-electron chi connectivity index (χ2n) is 6.53. The van der Waals surface area contributed by atoms with Crippen molar-refractivity contribution < 1.29 is 4.74 Å². The molecule has 0 fully saturated rings. The number of nitrogens with zero attached hydrogens (tertiary/aromatic N) is 1. The smallest absolute Gasteiger partial charge is 0.144 e. The van der Waals surface area contributed by atoms with E-state index in [9.17, 15) is 0 Å². The van der Waals surface area contributed by atoms with Crippen LogP contribution in [0.5, 0.6) is 0 Å². The highest BCUT2D eigenvalue weighted by Gasteiger charge is 2.44. The van der Waals surface area contributed by atoms with Gasteiger partial charge in [-0.1, -0.05) is 28.4 Å². The Hall–Kier alpha value is -0.740. The van der Waals surface area contributed by atoms with E-state index in [4.69, 9.17) is 4.74 Å². The number of ether oxygens (including phenoxy) is 1. The zero-order chi connectivity index (χ0) is 14.4. The maximum atomic E-state index is 6.04. The number of hydrogen-bond donors (Lipinski definition) is 1. The lowest BCUT2D eigenvalue weighted by Gasteiger charge is -2.37. The van der Waals surface area contributed by atoms with Gasteiger partial charge in [0, 0.05) is 28.8 Å². The van der Waals surface area contributed by atoms with Crippen molar-refractivity contribution >= 4 is 15.9 Å². The molecule has 4 rings (SSSR count). The van der Waals surface area contributed by atoms with E-state index in [2.05, 4.69) is 33.1 Å². The van der Waals surface area contributed by atoms with Crippen molar-refractivity contribution in [2.24, 2.45) is 0 Å². The molecule has 0 bridgehead atoms. The lowest BCUT2D eigenvalue weighted by molar-refractivity contribution is 0.117. The molecule has 4 heteroatoms. The predicted octanol–water partition coefficient (Wildman–Crippen LogP) is 3.44. The van der Waals surface area contributed by atoms with E-state index >= 15 is 0 Å². The molecule has 114 valence electrons. The van der Waals surface area contributed by atoms with Crippen molar-refractivity contribution in [3.63, 3.8) is 0 Å². The van der Waals surface area contributed by atoms with Crippen molar-refractivity contribution in [1.29, 1.82) is 0 Å². The Kier molecular flexibility index (Phi) is 3.62. The molecule has 4 aliphatic rings. The summed E-state index contributed by atoms with van der Waals surface area (Å²) in [4.78, 5) is 2.69. The van der Waals surface area contributed by atoms with Crippen molar-refractivity contribution in [2.75, 3.05) is 13.1 Å². The largest absolute Gasteiger partial charge is 0.490 e. The van der Waals surface area contributed by atoms with Crippen molar-refractivity contribution in [2.45, 2.75) is 57.2 Å². The van der Waals surface area contributed by atoms with E-state index in [1.54, 1.807) is 11.1 Å². The Labute approximate surface area is 135 Å². The molecular weight excluding hydrogens is 328 g/mol. The highest BCUT2D eigenvalue weighted by Crippen LogP contribution is 2.47. The molecule has 0 saturated heterocycles. The van der Waals surface area contributed by atoms with Gasteiger partial charge in [-0.2, -0.15) is 0 Å². The van der Waals surface area contributed by atoms with Crippen LogP contribution in [0.15, 0.2) is 33.7 Å². The number of rotatable bonds is 2. The standard InChI is InChI=1S/C17H23BrN2O/c1-2-8-20-10-11-3-5-13-17(21-9-7-19-13)16-12(18)4-6-14(20)15(11)16/h7,9,13-14,17,19H,2-6,8,10H2,1H3. The van der Waals surface area contributed by atoms with Crippen LogP contribution in [0, 0.1) is 0 Å². The molecule has 1 N–H and O–H groups in total. The average Bonchev–Trinajstić information content (AvgIpc) is 2.74. The lowest BCUT2D eigenvalue weighted by Crippen LogP contribution is -2.44. The van der Waals surface area contributed by atoms with Gasteiger partial charge in [-0.25, -0.2) is 0 Å². The molecule has 21 heavy (non-hydrogen) atoms.